The summed E-state index contributed by atoms with van der Waals surface area (Å²) in [5, 5.41) is 4.96. The van der Waals surface area contributed by atoms with E-state index in [2.05, 4.69) is 10.1 Å². The Morgan fingerprint density at radius 2 is 1.47 bits per heavy atom. The van der Waals surface area contributed by atoms with E-state index < -0.39 is 74.3 Å². The van der Waals surface area contributed by atoms with E-state index in [-0.39, 0.29) is 64.9 Å². The summed E-state index contributed by atoms with van der Waals surface area (Å²) in [6.07, 6.45) is -1.63. The van der Waals surface area contributed by atoms with E-state index in [9.17, 15) is 28.8 Å². The number of methoxy groups -OCH3 is 2. The van der Waals surface area contributed by atoms with Crippen LogP contribution in [0.1, 0.15) is 89.0 Å². The molecule has 4 aromatic rings. The van der Waals surface area contributed by atoms with Gasteiger partial charge in [-0.15, -0.1) is 34.9 Å². The summed E-state index contributed by atoms with van der Waals surface area (Å²) in [6.45, 7) is 12.9. The first kappa shape index (κ1) is 57.1. The van der Waals surface area contributed by atoms with Crippen LogP contribution in [0.5, 0.6) is 23.0 Å². The number of hydrogen-bond donors (Lipinski definition) is 1. The first-order chi connectivity index (χ1) is 34.7. The van der Waals surface area contributed by atoms with Crippen molar-refractivity contribution in [1.82, 2.24) is 14.8 Å². The van der Waals surface area contributed by atoms with Crippen molar-refractivity contribution in [2.45, 2.75) is 101 Å². The zero-order valence-corrected chi connectivity index (χ0v) is 46.1. The Morgan fingerprint density at radius 3 is 2.03 bits per heavy atom. The number of carbonyl (C=O) groups is 6. The normalized spacial score (nSPS) is 17.6. The maximum Gasteiger partial charge on any atom is 0.516 e. The average molecular weight is 1100 g/mol. The first-order valence-corrected chi connectivity index (χ1v) is 26.3. The Bertz CT molecular complexity index is 2760. The van der Waals surface area contributed by atoms with E-state index in [1.807, 2.05) is 36.4 Å². The van der Waals surface area contributed by atoms with Crippen LogP contribution < -0.4 is 24.7 Å². The van der Waals surface area contributed by atoms with Crippen LogP contribution in [-0.4, -0.2) is 123 Å². The number of nitrogens with two attached hydrogens (primary N) is 1. The highest BCUT2D eigenvalue weighted by atomic mass is 35.5. The molecule has 2 N–H and O–H groups in total. The van der Waals surface area contributed by atoms with Crippen LogP contribution in [0.15, 0.2) is 71.2 Å². The van der Waals surface area contributed by atoms with Crippen molar-refractivity contribution in [2.75, 3.05) is 45.8 Å². The first-order valence-electron chi connectivity index (χ1n) is 23.1. The van der Waals surface area contributed by atoms with Gasteiger partial charge in [-0.1, -0.05) is 41.0 Å². The van der Waals surface area contributed by atoms with Gasteiger partial charge >= 0.3 is 18.1 Å². The molecule has 2 amide bonds. The number of β-lactam (4-membered cyclic amide) rings is 1. The Kier molecular flexibility index (Phi) is 18.1. The monoisotopic (exact) mass is 1100 g/mol. The predicted molar refractivity (Wildman–Crippen MR) is 281 cm³/mol. The Morgan fingerprint density at radius 1 is 0.878 bits per heavy atom. The molecule has 0 bridgehead atoms. The minimum absolute atomic E-state index is 0.00671. The Balaban J connectivity index is 1.19. The largest absolute Gasteiger partial charge is 0.516 e. The van der Waals surface area contributed by atoms with Gasteiger partial charge in [0.05, 0.1) is 42.6 Å². The van der Waals surface area contributed by atoms with E-state index in [4.69, 9.17) is 55.3 Å². The van der Waals surface area contributed by atoms with E-state index in [0.717, 1.165) is 46.0 Å². The van der Waals surface area contributed by atoms with E-state index >= 15 is 0 Å². The average Bonchev–Trinajstić information content (AvgIpc) is 3.93. The standard InChI is InChI=1S/C51H60ClN5O14S3/c1-48(2,3)69-44(61)50(7,8)71-55-39(35-27-72-46(53)54-35)36(58)24-34-42(60)57-28-51(74-43(34)57,45(62)68-47(63)70-49(4,5)6)73-23-22-56(9)41(59)33-20-21-37(66-25-29-12-16-31(64-10)17-13-29)40(38(33)52)67-26-30-14-18-32(65-11)19-15-30/h12-21,27,34,43H,22-26,28H2,1-11H3,(H2,53,54)/b55-39-/t34-,43-,51-/m1/s1. The van der Waals surface area contributed by atoms with Crippen LogP contribution in [-0.2, 0) is 51.4 Å². The number of nitrogens with zero attached hydrogens (tertiary/aromatic N) is 4. The number of ketones is 1. The van der Waals surface area contributed by atoms with Crippen molar-refractivity contribution in [3.05, 3.63) is 93.5 Å². The number of aromatic nitrogens is 1. The molecule has 0 saturated carbocycles. The molecule has 0 unspecified atom stereocenters. The number of fused-ring (bicyclic) bond motifs is 1. The van der Waals surface area contributed by atoms with Crippen LogP contribution in [0.2, 0.25) is 5.02 Å². The lowest BCUT2D eigenvalue weighted by Crippen LogP contribution is -2.57. The van der Waals surface area contributed by atoms with Crippen LogP contribution >= 0.6 is 46.5 Å². The molecule has 2 fully saturated rings. The van der Waals surface area contributed by atoms with E-state index in [1.165, 1.54) is 35.1 Å². The zero-order valence-electron chi connectivity index (χ0n) is 42.9. The molecule has 6 rings (SSSR count). The SMILES string of the molecule is COc1ccc(COc2ccc(C(=O)N(C)CCS[C@]3(C(=O)OC(=O)OC(C)(C)C)CN4C(=O)[C@@H](CC(=O)/C(=N\OC(C)(C)C(=O)OC(C)(C)C)c5csc(N)n5)[C@H]4S3)c(Cl)c2OCc2ccc(OC)cc2)cc1. The highest BCUT2D eigenvalue weighted by molar-refractivity contribution is 8.20. The number of nitrogen functional groups attached to an aromatic ring is 1. The summed E-state index contributed by atoms with van der Waals surface area (Å²) in [4.78, 5) is 94.8. The number of thioether (sulfide) groups is 2. The number of oxime groups is 1. The second-order valence-corrected chi connectivity index (χ2v) is 23.9. The number of esters is 2. The number of amides is 2. The molecule has 1 aromatic heterocycles. The second kappa shape index (κ2) is 23.5. The maximum absolute atomic E-state index is 14.2. The number of carbonyl (C=O) groups excluding carboxylic acids is 6. The molecule has 23 heteroatoms. The van der Waals surface area contributed by atoms with Crippen molar-refractivity contribution in [3.63, 3.8) is 0 Å². The minimum atomic E-state index is -1.63. The van der Waals surface area contributed by atoms with Gasteiger partial charge in [-0.25, -0.2) is 19.4 Å². The van der Waals surface area contributed by atoms with E-state index in [0.29, 0.717) is 17.2 Å². The van der Waals surface area contributed by atoms with Gasteiger partial charge in [0.1, 0.15) is 41.6 Å². The summed E-state index contributed by atoms with van der Waals surface area (Å²) < 4.78 is 37.4. The molecule has 0 spiro atoms. The van der Waals surface area contributed by atoms with Crippen molar-refractivity contribution >= 4 is 93.0 Å². The van der Waals surface area contributed by atoms with Crippen molar-refractivity contribution in [2.24, 2.45) is 11.1 Å². The molecule has 2 aliphatic heterocycles. The molecule has 0 radical (unpaired) electrons. The topological polar surface area (TPSA) is 234 Å². The molecule has 19 nitrogen and oxygen atoms in total. The van der Waals surface area contributed by atoms with Gasteiger partial charge in [-0.05, 0) is 103 Å². The van der Waals surface area contributed by atoms with Gasteiger partial charge in [-0.2, -0.15) is 0 Å². The summed E-state index contributed by atoms with van der Waals surface area (Å²) in [6, 6.07) is 17.7. The summed E-state index contributed by atoms with van der Waals surface area (Å²) >= 11 is 10.2. The third kappa shape index (κ3) is 14.3. The lowest BCUT2D eigenvalue weighted by Gasteiger charge is -2.41. The van der Waals surface area contributed by atoms with Gasteiger partial charge in [0.15, 0.2) is 32.2 Å². The van der Waals surface area contributed by atoms with Gasteiger partial charge in [0.2, 0.25) is 11.5 Å². The highest BCUT2D eigenvalue weighted by Crippen LogP contribution is 2.56. The lowest BCUT2D eigenvalue weighted by atomic mass is 9.90. The fourth-order valence-electron chi connectivity index (χ4n) is 7.13. The molecular weight excluding hydrogens is 1040 g/mol. The molecule has 398 valence electrons. The molecule has 0 aliphatic carbocycles. The molecule has 3 atom stereocenters. The van der Waals surface area contributed by atoms with Crippen molar-refractivity contribution < 1.29 is 66.8 Å². The number of anilines is 1. The van der Waals surface area contributed by atoms with Crippen molar-refractivity contribution in [1.29, 1.82) is 0 Å². The molecule has 3 heterocycles. The minimum Gasteiger partial charge on any atom is -0.497 e. The predicted octanol–water partition coefficient (Wildman–Crippen LogP) is 8.57. The third-order valence-electron chi connectivity index (χ3n) is 11.0. The van der Waals surface area contributed by atoms with Crippen molar-refractivity contribution in [3.8, 4) is 23.0 Å². The molecule has 2 aliphatic rings. The Hall–Kier alpha value is -6.23. The van der Waals surface area contributed by atoms with Gasteiger partial charge in [0, 0.05) is 31.1 Å². The van der Waals surface area contributed by atoms with Gasteiger partial charge < -0.3 is 53.5 Å². The molecule has 74 heavy (non-hydrogen) atoms. The number of Topliss-reactive ketones (excluding diaryl/α,β-unsaturated/α-hetero) is 1. The summed E-state index contributed by atoms with van der Waals surface area (Å²) in [7, 11) is 4.71. The number of benzene rings is 3. The van der Waals surface area contributed by atoms with Crippen LogP contribution in [0.4, 0.5) is 9.93 Å². The van der Waals surface area contributed by atoms with E-state index in [1.54, 1.807) is 81.0 Å². The number of hydrogen-bond acceptors (Lipinski definition) is 20. The maximum atomic E-state index is 14.2. The smallest absolute Gasteiger partial charge is 0.497 e. The van der Waals surface area contributed by atoms with Crippen LogP contribution in [0.3, 0.4) is 0 Å². The third-order valence-corrected chi connectivity index (χ3v) is 15.3. The number of ether oxygens (including phenoxy) is 7. The molecule has 3 aromatic carbocycles. The second-order valence-electron chi connectivity index (χ2n) is 19.5. The zero-order chi connectivity index (χ0) is 54.3. The lowest BCUT2D eigenvalue weighted by molar-refractivity contribution is -0.179. The fraction of sp³-hybridized carbons (Fsp3) is 0.451. The fourth-order valence-corrected chi connectivity index (χ4v) is 11.3. The quantitative estimate of drug-likeness (QED) is 0.0270. The molecule has 2 saturated heterocycles. The highest BCUT2D eigenvalue weighted by Gasteiger charge is 2.63. The Labute approximate surface area is 447 Å². The molecular formula is C51H60ClN5O14S3. The summed E-state index contributed by atoms with van der Waals surface area (Å²) in [5.41, 5.74) is 3.98. The number of thiazole rings is 1. The van der Waals surface area contributed by atoms with Gasteiger partial charge in [0.25, 0.3) is 5.91 Å². The number of rotatable bonds is 21. The van der Waals surface area contributed by atoms with Crippen LogP contribution in [0, 0.1) is 5.92 Å². The number of halogens is 1. The van der Waals surface area contributed by atoms with Gasteiger partial charge in [-0.3, -0.25) is 14.4 Å². The summed E-state index contributed by atoms with van der Waals surface area (Å²) in [5.74, 6) is -2.37. The van der Waals surface area contributed by atoms with Crippen LogP contribution in [0.25, 0.3) is 0 Å².